The molecule has 0 unspecified atom stereocenters. The van der Waals surface area contributed by atoms with Crippen LogP contribution in [0, 0.1) is 0 Å². The summed E-state index contributed by atoms with van der Waals surface area (Å²) < 4.78 is 5.30. The molecule has 0 saturated heterocycles. The molecule has 0 aromatic heterocycles. The highest BCUT2D eigenvalue weighted by Crippen LogP contribution is 2.08. The van der Waals surface area contributed by atoms with E-state index in [0.29, 0.717) is 6.61 Å². The number of benzene rings is 1. The topological polar surface area (TPSA) is 71.2 Å². The Morgan fingerprint density at radius 3 is 2.56 bits per heavy atom. The van der Waals surface area contributed by atoms with Crippen LogP contribution >= 0.6 is 0 Å². The van der Waals surface area contributed by atoms with E-state index >= 15 is 0 Å². The van der Waals surface area contributed by atoms with Gasteiger partial charge in [0.15, 0.2) is 11.5 Å². The van der Waals surface area contributed by atoms with Crippen molar-refractivity contribution in [1.29, 1.82) is 0 Å². The number of nitrogens with zero attached hydrogens (tertiary/aromatic N) is 2. The van der Waals surface area contributed by atoms with Crippen molar-refractivity contribution in [2.75, 3.05) is 13.7 Å². The van der Waals surface area contributed by atoms with Gasteiger partial charge in [0.25, 0.3) is 0 Å². The molecule has 0 fully saturated rings. The standard InChI is InChI=1S/C13H16N2O3/c1-10(16)13(15-14-2)12(17)9-18-8-11-6-4-3-5-7-11/h3-7,17H,8-9H2,1-2H3. The molecular formula is C13H16N2O3. The molecule has 0 aliphatic carbocycles. The smallest absolute Gasteiger partial charge is 0.183 e. The third-order valence-corrected chi connectivity index (χ3v) is 2.16. The van der Waals surface area contributed by atoms with Gasteiger partial charge in [-0.1, -0.05) is 30.3 Å². The molecule has 5 heteroatoms. The fraction of sp³-hybridized carbons (Fsp3) is 0.308. The lowest BCUT2D eigenvalue weighted by Gasteiger charge is -2.05. The second-order valence-corrected chi connectivity index (χ2v) is 3.63. The third kappa shape index (κ3) is 4.47. The predicted molar refractivity (Wildman–Crippen MR) is 67.2 cm³/mol. The van der Waals surface area contributed by atoms with Crippen LogP contribution in [0.5, 0.6) is 0 Å². The van der Waals surface area contributed by atoms with E-state index in [1.807, 2.05) is 30.3 Å². The fourth-order valence-electron chi connectivity index (χ4n) is 1.34. The van der Waals surface area contributed by atoms with Gasteiger partial charge >= 0.3 is 0 Å². The maximum Gasteiger partial charge on any atom is 0.183 e. The largest absolute Gasteiger partial charge is 0.507 e. The molecule has 0 aliphatic heterocycles. The molecule has 1 aromatic rings. The van der Waals surface area contributed by atoms with Gasteiger partial charge in [-0.25, -0.2) is 0 Å². The summed E-state index contributed by atoms with van der Waals surface area (Å²) in [5.74, 6) is -0.551. The molecule has 1 aromatic carbocycles. The lowest BCUT2D eigenvalue weighted by molar-refractivity contribution is -0.113. The van der Waals surface area contributed by atoms with Crippen LogP contribution in [0.3, 0.4) is 0 Å². The van der Waals surface area contributed by atoms with Crippen molar-refractivity contribution < 1.29 is 14.6 Å². The van der Waals surface area contributed by atoms with Crippen molar-refractivity contribution in [3.05, 3.63) is 47.4 Å². The van der Waals surface area contributed by atoms with Crippen LogP contribution in [0.15, 0.2) is 52.0 Å². The van der Waals surface area contributed by atoms with E-state index in [9.17, 15) is 9.90 Å². The Labute approximate surface area is 106 Å². The summed E-state index contributed by atoms with van der Waals surface area (Å²) in [6, 6.07) is 9.55. The first-order valence-corrected chi connectivity index (χ1v) is 5.49. The number of aliphatic hydroxyl groups is 1. The molecule has 96 valence electrons. The van der Waals surface area contributed by atoms with Crippen LogP contribution in [-0.4, -0.2) is 24.5 Å². The van der Waals surface area contributed by atoms with Crippen LogP contribution < -0.4 is 0 Å². The van der Waals surface area contributed by atoms with Gasteiger partial charge in [0.2, 0.25) is 0 Å². The first-order chi connectivity index (χ1) is 8.65. The monoisotopic (exact) mass is 248 g/mol. The van der Waals surface area contributed by atoms with E-state index in [4.69, 9.17) is 4.74 Å². The summed E-state index contributed by atoms with van der Waals surface area (Å²) in [5, 5.41) is 16.7. The minimum absolute atomic E-state index is 0.0643. The van der Waals surface area contributed by atoms with E-state index in [1.165, 1.54) is 14.0 Å². The van der Waals surface area contributed by atoms with Gasteiger partial charge in [-0.3, -0.25) is 4.79 Å². The van der Waals surface area contributed by atoms with Gasteiger partial charge in [-0.05, 0) is 5.56 Å². The normalized spacial score (nSPS) is 12.6. The Morgan fingerprint density at radius 2 is 2.00 bits per heavy atom. The van der Waals surface area contributed by atoms with Crippen molar-refractivity contribution in [2.45, 2.75) is 13.5 Å². The van der Waals surface area contributed by atoms with E-state index in [0.717, 1.165) is 5.56 Å². The van der Waals surface area contributed by atoms with Crippen molar-refractivity contribution in [2.24, 2.45) is 10.2 Å². The zero-order valence-corrected chi connectivity index (χ0v) is 10.5. The maximum atomic E-state index is 11.2. The van der Waals surface area contributed by atoms with Gasteiger partial charge in [0, 0.05) is 14.0 Å². The van der Waals surface area contributed by atoms with Gasteiger partial charge in [-0.15, -0.1) is 5.11 Å². The number of carbonyl (C=O) groups is 1. The minimum Gasteiger partial charge on any atom is -0.507 e. The summed E-state index contributed by atoms with van der Waals surface area (Å²) >= 11 is 0. The van der Waals surface area contributed by atoms with Crippen LogP contribution in [0.4, 0.5) is 0 Å². The molecule has 0 bridgehead atoms. The van der Waals surface area contributed by atoms with Gasteiger partial charge in [0.05, 0.1) is 6.61 Å². The van der Waals surface area contributed by atoms with E-state index in [1.54, 1.807) is 0 Å². The molecule has 0 aliphatic rings. The van der Waals surface area contributed by atoms with Crippen molar-refractivity contribution in [3.8, 4) is 0 Å². The Bertz CT molecular complexity index is 453. The molecule has 1 rings (SSSR count). The number of rotatable bonds is 6. The number of hydrogen-bond donors (Lipinski definition) is 1. The SMILES string of the molecule is CN=NC(C(C)=O)=C(O)COCc1ccccc1. The molecule has 0 amide bonds. The molecular weight excluding hydrogens is 232 g/mol. The average molecular weight is 248 g/mol. The molecule has 1 N–H and O–H groups in total. The zero-order valence-electron chi connectivity index (χ0n) is 10.5. The minimum atomic E-state index is -0.346. The number of ketones is 1. The Balaban J connectivity index is 2.56. The van der Waals surface area contributed by atoms with E-state index in [2.05, 4.69) is 10.2 Å². The second kappa shape index (κ2) is 7.34. The van der Waals surface area contributed by atoms with Gasteiger partial charge in [-0.2, -0.15) is 5.11 Å². The number of hydrogen-bond acceptors (Lipinski definition) is 5. The van der Waals surface area contributed by atoms with Crippen LogP contribution in [0.2, 0.25) is 0 Å². The highest BCUT2D eigenvalue weighted by molar-refractivity contribution is 5.93. The van der Waals surface area contributed by atoms with Crippen LogP contribution in [0.1, 0.15) is 12.5 Å². The number of carbonyl (C=O) groups excluding carboxylic acids is 1. The molecule has 0 atom stereocenters. The van der Waals surface area contributed by atoms with E-state index < -0.39 is 0 Å². The highest BCUT2D eigenvalue weighted by Gasteiger charge is 2.10. The summed E-state index contributed by atoms with van der Waals surface area (Å²) in [6.45, 7) is 1.61. The summed E-state index contributed by atoms with van der Waals surface area (Å²) in [4.78, 5) is 11.2. The lowest BCUT2D eigenvalue weighted by Crippen LogP contribution is -2.05. The number of Topliss-reactive ketones (excluding diaryl/α,β-unsaturated/α-hetero) is 1. The summed E-state index contributed by atoms with van der Waals surface area (Å²) in [5.41, 5.74) is 0.928. The van der Waals surface area contributed by atoms with E-state index in [-0.39, 0.29) is 23.8 Å². The Kier molecular flexibility index (Phi) is 5.73. The zero-order chi connectivity index (χ0) is 13.4. The predicted octanol–water partition coefficient (Wildman–Crippen LogP) is 2.64. The summed E-state index contributed by atoms with van der Waals surface area (Å²) in [7, 11) is 1.43. The molecule has 0 heterocycles. The Morgan fingerprint density at radius 1 is 1.33 bits per heavy atom. The maximum absolute atomic E-state index is 11.2. The molecule has 18 heavy (non-hydrogen) atoms. The highest BCUT2D eigenvalue weighted by atomic mass is 16.5. The molecule has 0 spiro atoms. The van der Waals surface area contributed by atoms with Gasteiger partial charge < -0.3 is 9.84 Å². The average Bonchev–Trinajstić information content (AvgIpc) is 2.36. The lowest BCUT2D eigenvalue weighted by atomic mass is 10.2. The molecule has 5 nitrogen and oxygen atoms in total. The molecule has 0 radical (unpaired) electrons. The fourth-order valence-corrected chi connectivity index (χ4v) is 1.34. The number of allylic oxidation sites excluding steroid dienone is 1. The van der Waals surface area contributed by atoms with Gasteiger partial charge in [0.1, 0.15) is 12.4 Å². The van der Waals surface area contributed by atoms with Crippen molar-refractivity contribution >= 4 is 5.78 Å². The number of ether oxygens (including phenoxy) is 1. The molecule has 0 saturated carbocycles. The first-order valence-electron chi connectivity index (χ1n) is 5.49. The van der Waals surface area contributed by atoms with Crippen LogP contribution in [-0.2, 0) is 16.1 Å². The number of aliphatic hydroxyl groups excluding tert-OH is 1. The Hall–Kier alpha value is -2.01. The number of azo groups is 1. The third-order valence-electron chi connectivity index (χ3n) is 2.16. The quantitative estimate of drug-likeness (QED) is 0.478. The second-order valence-electron chi connectivity index (χ2n) is 3.63. The van der Waals surface area contributed by atoms with Crippen molar-refractivity contribution in [3.63, 3.8) is 0 Å². The van der Waals surface area contributed by atoms with Crippen molar-refractivity contribution in [1.82, 2.24) is 0 Å². The summed E-state index contributed by atoms with van der Waals surface area (Å²) in [6.07, 6.45) is 0. The van der Waals surface area contributed by atoms with Crippen LogP contribution in [0.25, 0.3) is 0 Å². The first kappa shape index (κ1) is 14.1.